The number of carboxylic acid groups (broad SMARTS) is 1. The van der Waals surface area contributed by atoms with Crippen molar-refractivity contribution in [2.45, 2.75) is 0 Å². The van der Waals surface area contributed by atoms with E-state index >= 15 is 0 Å². The molecule has 0 aliphatic carbocycles. The van der Waals surface area contributed by atoms with Crippen LogP contribution in [0.1, 0.15) is 10.4 Å². The van der Waals surface area contributed by atoms with Crippen LogP contribution < -0.4 is 0 Å². The van der Waals surface area contributed by atoms with Gasteiger partial charge in [0.05, 0.1) is 11.1 Å². The van der Waals surface area contributed by atoms with Gasteiger partial charge < -0.3 is 9.67 Å². The molecule has 0 atom stereocenters. The Morgan fingerprint density at radius 1 is 1.12 bits per heavy atom. The van der Waals surface area contributed by atoms with E-state index in [0.29, 0.717) is 5.56 Å². The number of aryl methyl sites for hydroxylation is 1. The summed E-state index contributed by atoms with van der Waals surface area (Å²) in [7, 11) is 1.88. The molecule has 0 saturated heterocycles. The molecular formula is C14H11NO2. The van der Waals surface area contributed by atoms with Crippen LogP contribution in [0.5, 0.6) is 0 Å². The minimum atomic E-state index is -0.883. The van der Waals surface area contributed by atoms with Gasteiger partial charge in [0.15, 0.2) is 0 Å². The summed E-state index contributed by atoms with van der Waals surface area (Å²) in [6, 6.07) is 11.8. The van der Waals surface area contributed by atoms with Crippen LogP contribution in [0.4, 0.5) is 0 Å². The van der Waals surface area contributed by atoms with Gasteiger partial charge in [-0.15, -0.1) is 0 Å². The molecule has 0 spiro atoms. The van der Waals surface area contributed by atoms with Gasteiger partial charge in [-0.25, -0.2) is 4.79 Å². The van der Waals surface area contributed by atoms with Crippen LogP contribution in [-0.4, -0.2) is 15.6 Å². The van der Waals surface area contributed by atoms with Crippen LogP contribution in [0.25, 0.3) is 21.7 Å². The molecule has 17 heavy (non-hydrogen) atoms. The van der Waals surface area contributed by atoms with Crippen LogP contribution in [0.15, 0.2) is 42.6 Å². The Kier molecular flexibility index (Phi) is 1.95. The van der Waals surface area contributed by atoms with E-state index < -0.39 is 5.97 Å². The molecule has 1 aromatic heterocycles. The fraction of sp³-hybridized carbons (Fsp3) is 0.0714. The fourth-order valence-electron chi connectivity index (χ4n) is 2.35. The Morgan fingerprint density at radius 2 is 1.88 bits per heavy atom. The third kappa shape index (κ3) is 1.32. The highest BCUT2D eigenvalue weighted by molar-refractivity contribution is 6.13. The number of aromatic carboxylic acids is 1. The molecule has 3 aromatic rings. The number of carbonyl (C=O) groups is 1. The summed E-state index contributed by atoms with van der Waals surface area (Å²) in [5.74, 6) is -0.883. The number of fused-ring (bicyclic) bond motifs is 3. The molecule has 0 saturated carbocycles. The SMILES string of the molecule is Cn1cc(C(=O)O)c2ccc3ccccc3c21. The Morgan fingerprint density at radius 3 is 2.65 bits per heavy atom. The number of hydrogen-bond donors (Lipinski definition) is 1. The molecule has 0 bridgehead atoms. The average molecular weight is 225 g/mol. The Labute approximate surface area is 97.9 Å². The molecule has 0 aliphatic rings. The Balaban J connectivity index is 2.55. The molecule has 3 nitrogen and oxygen atoms in total. The normalized spacial score (nSPS) is 11.1. The van der Waals surface area contributed by atoms with Crippen molar-refractivity contribution in [3.8, 4) is 0 Å². The van der Waals surface area contributed by atoms with Crippen molar-refractivity contribution in [2.75, 3.05) is 0 Å². The highest BCUT2D eigenvalue weighted by Crippen LogP contribution is 2.28. The number of nitrogens with zero attached hydrogens (tertiary/aromatic N) is 1. The van der Waals surface area contributed by atoms with Gasteiger partial charge >= 0.3 is 5.97 Å². The van der Waals surface area contributed by atoms with E-state index in [1.165, 1.54) is 0 Å². The van der Waals surface area contributed by atoms with Gasteiger partial charge in [0.25, 0.3) is 0 Å². The summed E-state index contributed by atoms with van der Waals surface area (Å²) in [6.07, 6.45) is 1.67. The lowest BCUT2D eigenvalue weighted by molar-refractivity contribution is 0.0699. The summed E-state index contributed by atoms with van der Waals surface area (Å²) in [6.45, 7) is 0. The maximum absolute atomic E-state index is 11.2. The van der Waals surface area contributed by atoms with Crippen LogP contribution in [0.2, 0.25) is 0 Å². The lowest BCUT2D eigenvalue weighted by atomic mass is 10.1. The van der Waals surface area contributed by atoms with E-state index in [4.69, 9.17) is 5.11 Å². The van der Waals surface area contributed by atoms with Crippen molar-refractivity contribution < 1.29 is 9.90 Å². The summed E-state index contributed by atoms with van der Waals surface area (Å²) < 4.78 is 1.88. The van der Waals surface area contributed by atoms with Crippen molar-refractivity contribution in [3.63, 3.8) is 0 Å². The van der Waals surface area contributed by atoms with Crippen LogP contribution in [0, 0.1) is 0 Å². The molecule has 0 radical (unpaired) electrons. The minimum absolute atomic E-state index is 0.355. The monoisotopic (exact) mass is 225 g/mol. The lowest BCUT2D eigenvalue weighted by Crippen LogP contribution is -1.93. The first-order chi connectivity index (χ1) is 8.18. The third-order valence-corrected chi connectivity index (χ3v) is 3.10. The van der Waals surface area contributed by atoms with Gasteiger partial charge in [0.1, 0.15) is 0 Å². The molecule has 2 aromatic carbocycles. The van der Waals surface area contributed by atoms with Gasteiger partial charge in [-0.05, 0) is 5.39 Å². The molecule has 0 fully saturated rings. The predicted octanol–water partition coefficient (Wildman–Crippen LogP) is 3.03. The molecular weight excluding hydrogens is 214 g/mol. The lowest BCUT2D eigenvalue weighted by Gasteiger charge is -2.02. The van der Waals surface area contributed by atoms with Gasteiger partial charge in [0.2, 0.25) is 0 Å². The third-order valence-electron chi connectivity index (χ3n) is 3.10. The first-order valence-electron chi connectivity index (χ1n) is 5.38. The first kappa shape index (κ1) is 9.90. The van der Waals surface area contributed by atoms with Crippen LogP contribution in [0.3, 0.4) is 0 Å². The van der Waals surface area contributed by atoms with E-state index in [9.17, 15) is 4.79 Å². The summed E-state index contributed by atoms with van der Waals surface area (Å²) in [5.41, 5.74) is 1.33. The maximum atomic E-state index is 11.2. The minimum Gasteiger partial charge on any atom is -0.478 e. The van der Waals surface area contributed by atoms with E-state index in [2.05, 4.69) is 0 Å². The van der Waals surface area contributed by atoms with Crippen LogP contribution in [-0.2, 0) is 7.05 Å². The second kappa shape index (κ2) is 3.35. The van der Waals surface area contributed by atoms with Crippen molar-refractivity contribution in [1.82, 2.24) is 4.57 Å². The molecule has 1 N–H and O–H groups in total. The molecule has 1 heterocycles. The van der Waals surface area contributed by atoms with E-state index in [-0.39, 0.29) is 0 Å². The van der Waals surface area contributed by atoms with Gasteiger partial charge in [-0.3, -0.25) is 0 Å². The van der Waals surface area contributed by atoms with Crippen molar-refractivity contribution in [1.29, 1.82) is 0 Å². The quantitative estimate of drug-likeness (QED) is 0.691. The molecule has 3 rings (SSSR count). The fourth-order valence-corrected chi connectivity index (χ4v) is 2.35. The average Bonchev–Trinajstić information content (AvgIpc) is 2.67. The zero-order chi connectivity index (χ0) is 12.0. The standard InChI is InChI=1S/C14H11NO2/c1-15-8-12(14(16)17)11-7-6-9-4-2-3-5-10(9)13(11)15/h2-8H,1H3,(H,16,17). The number of hydrogen-bond acceptors (Lipinski definition) is 1. The van der Waals surface area contributed by atoms with E-state index in [0.717, 1.165) is 21.7 Å². The maximum Gasteiger partial charge on any atom is 0.337 e. The molecule has 84 valence electrons. The smallest absolute Gasteiger partial charge is 0.337 e. The van der Waals surface area contributed by atoms with Gasteiger partial charge in [-0.2, -0.15) is 0 Å². The van der Waals surface area contributed by atoms with Gasteiger partial charge in [0, 0.05) is 24.0 Å². The van der Waals surface area contributed by atoms with E-state index in [1.807, 2.05) is 48.0 Å². The van der Waals surface area contributed by atoms with Crippen LogP contribution >= 0.6 is 0 Å². The zero-order valence-corrected chi connectivity index (χ0v) is 9.34. The molecule has 3 heteroatoms. The number of carboxylic acids is 1. The second-order valence-corrected chi connectivity index (χ2v) is 4.14. The number of aromatic nitrogens is 1. The largest absolute Gasteiger partial charge is 0.478 e. The highest BCUT2D eigenvalue weighted by atomic mass is 16.4. The number of benzene rings is 2. The molecule has 0 amide bonds. The van der Waals surface area contributed by atoms with E-state index in [1.54, 1.807) is 6.20 Å². The second-order valence-electron chi connectivity index (χ2n) is 4.14. The van der Waals surface area contributed by atoms with Gasteiger partial charge in [-0.1, -0.05) is 36.4 Å². The van der Waals surface area contributed by atoms with Crippen molar-refractivity contribution in [2.24, 2.45) is 7.05 Å². The summed E-state index contributed by atoms with van der Waals surface area (Å²) in [4.78, 5) is 11.2. The topological polar surface area (TPSA) is 42.2 Å². The molecule has 0 aliphatic heterocycles. The predicted molar refractivity (Wildman–Crippen MR) is 67.4 cm³/mol. The Hall–Kier alpha value is -2.29. The zero-order valence-electron chi connectivity index (χ0n) is 9.34. The number of rotatable bonds is 1. The first-order valence-corrected chi connectivity index (χ1v) is 5.38. The summed E-state index contributed by atoms with van der Waals surface area (Å²) >= 11 is 0. The van der Waals surface area contributed by atoms with Crippen molar-refractivity contribution >= 4 is 27.6 Å². The Bertz CT molecular complexity index is 740. The van der Waals surface area contributed by atoms with Crippen molar-refractivity contribution in [3.05, 3.63) is 48.2 Å². The summed E-state index contributed by atoms with van der Waals surface area (Å²) in [5, 5.41) is 12.2. The molecule has 0 unspecified atom stereocenters. The highest BCUT2D eigenvalue weighted by Gasteiger charge is 2.14.